The largest absolute Gasteiger partial charge is 0.512 e. The van der Waals surface area contributed by atoms with Crippen molar-refractivity contribution >= 4 is 0 Å². The summed E-state index contributed by atoms with van der Waals surface area (Å²) < 4.78 is 0. The van der Waals surface area contributed by atoms with E-state index in [0.717, 1.165) is 5.01 Å². The highest BCUT2D eigenvalue weighted by Gasteiger charge is 2.17. The fourth-order valence-corrected chi connectivity index (χ4v) is 0.707. The van der Waals surface area contributed by atoms with Gasteiger partial charge in [-0.05, 0) is 6.92 Å². The van der Waals surface area contributed by atoms with Crippen LogP contribution >= 0.6 is 0 Å². The molecule has 0 aromatic heterocycles. The van der Waals surface area contributed by atoms with Crippen LogP contribution in [0.3, 0.4) is 0 Å². The lowest BCUT2D eigenvalue weighted by Crippen LogP contribution is -2.75. The first kappa shape index (κ1) is 10.3. The summed E-state index contributed by atoms with van der Waals surface area (Å²) in [5, 5.41) is 28.5. The summed E-state index contributed by atoms with van der Waals surface area (Å²) in [7, 11) is 1.28. The monoisotopic (exact) mass is 175 g/mol. The maximum atomic E-state index is 10.1. The topological polar surface area (TPSA) is 95.0 Å². The lowest BCUT2D eigenvalue weighted by atomic mass is 10.3. The molecule has 0 rings (SSSR count). The number of aliphatic hydroxyl groups excluding tert-OH is 3. The lowest BCUT2D eigenvalue weighted by Gasteiger charge is -2.07. The van der Waals surface area contributed by atoms with Gasteiger partial charge in [-0.25, -0.2) is 0 Å². The molecule has 0 aromatic rings. The number of aliphatic hydroxyl groups is 3. The Morgan fingerprint density at radius 3 is 2.25 bits per heavy atom. The molecule has 0 amide bonds. The van der Waals surface area contributed by atoms with E-state index in [9.17, 15) is 4.91 Å². The normalized spacial score (nSPS) is 13.7. The lowest BCUT2D eigenvalue weighted by molar-refractivity contribution is -0.645. The van der Waals surface area contributed by atoms with Crippen LogP contribution in [-0.2, 0) is 0 Å². The number of nitrogens with one attached hydrogen (secondary N) is 1. The van der Waals surface area contributed by atoms with E-state index in [1.54, 1.807) is 0 Å². The van der Waals surface area contributed by atoms with Gasteiger partial charge in [-0.1, -0.05) is 0 Å². The van der Waals surface area contributed by atoms with Crippen molar-refractivity contribution in [2.24, 2.45) is 0 Å². The summed E-state index contributed by atoms with van der Waals surface area (Å²) in [6.45, 7) is 1.27. The molecule has 0 atom stereocenters. The highest BCUT2D eigenvalue weighted by atomic mass is 16.3. The molecule has 0 unspecified atom stereocenters. The number of hydrazine groups is 1. The standard InChI is InChI=1S/C6H10N2O4/c1-4(10)6(5(11)3-9)8(2)7-12/h3,9-11H,1-2H3/p+1/b5-3-,6-4+. The molecule has 12 heavy (non-hydrogen) atoms. The maximum Gasteiger partial charge on any atom is 0.185 e. The first-order chi connectivity index (χ1) is 5.54. The van der Waals surface area contributed by atoms with E-state index >= 15 is 0 Å². The fourth-order valence-electron chi connectivity index (χ4n) is 0.707. The summed E-state index contributed by atoms with van der Waals surface area (Å²) in [5.74, 6) is -0.885. The van der Waals surface area contributed by atoms with E-state index in [1.807, 2.05) is 0 Å². The molecule has 68 valence electrons. The predicted octanol–water partition coefficient (Wildman–Crippen LogP) is -0.573. The number of hydrogen-bond donors (Lipinski definition) is 4. The zero-order valence-corrected chi connectivity index (χ0v) is 6.77. The van der Waals surface area contributed by atoms with Gasteiger partial charge in [0.2, 0.25) is 0 Å². The Bertz CT molecular complexity index is 230. The zero-order chi connectivity index (χ0) is 9.72. The van der Waals surface area contributed by atoms with Crippen LogP contribution in [0.4, 0.5) is 0 Å². The summed E-state index contributed by atoms with van der Waals surface area (Å²) >= 11 is 0. The summed E-state index contributed by atoms with van der Waals surface area (Å²) in [5.41, 5.74) is -0.187. The Kier molecular flexibility index (Phi) is 3.61. The van der Waals surface area contributed by atoms with Crippen molar-refractivity contribution in [1.82, 2.24) is 5.01 Å². The van der Waals surface area contributed by atoms with Crippen molar-refractivity contribution in [3.63, 3.8) is 0 Å². The van der Waals surface area contributed by atoms with Gasteiger partial charge in [-0.2, -0.15) is 0 Å². The van der Waals surface area contributed by atoms with Crippen LogP contribution < -0.4 is 5.29 Å². The Morgan fingerprint density at radius 2 is 2.00 bits per heavy atom. The van der Waals surface area contributed by atoms with Gasteiger partial charge in [-0.3, -0.25) is 0 Å². The zero-order valence-electron chi connectivity index (χ0n) is 6.77. The molecule has 0 radical (unpaired) electrons. The minimum Gasteiger partial charge on any atom is -0.512 e. The molecule has 0 saturated carbocycles. The minimum absolute atomic E-state index is 0.187. The average molecular weight is 175 g/mol. The van der Waals surface area contributed by atoms with Gasteiger partial charge in [0.15, 0.2) is 11.5 Å². The number of hydrogen-bond acceptors (Lipinski definition) is 4. The van der Waals surface area contributed by atoms with Gasteiger partial charge in [0.05, 0.1) is 7.05 Å². The maximum absolute atomic E-state index is 10.1. The van der Waals surface area contributed by atoms with Gasteiger partial charge < -0.3 is 15.3 Å². The first-order valence-electron chi connectivity index (χ1n) is 3.09. The third kappa shape index (κ3) is 2.15. The van der Waals surface area contributed by atoms with Crippen molar-refractivity contribution in [2.45, 2.75) is 6.92 Å². The quantitative estimate of drug-likeness (QED) is 0.262. The molecule has 0 fully saturated rings. The molecule has 0 spiro atoms. The number of nitrogens with zero attached hydrogens (tertiary/aromatic N) is 1. The first-order valence-corrected chi connectivity index (χ1v) is 3.09. The minimum atomic E-state index is -0.596. The number of nitroso groups, excluding NO2 is 1. The van der Waals surface area contributed by atoms with Gasteiger partial charge in [0.25, 0.3) is 0 Å². The SMILES string of the molecule is C/C(O)=C(/C(O)=C/O)N(C)[NH+]=O. The van der Waals surface area contributed by atoms with Crippen LogP contribution in [0.25, 0.3) is 0 Å². The van der Waals surface area contributed by atoms with E-state index in [1.165, 1.54) is 19.3 Å². The third-order valence-electron chi connectivity index (χ3n) is 1.18. The van der Waals surface area contributed by atoms with Crippen molar-refractivity contribution < 1.29 is 20.6 Å². The second-order valence-electron chi connectivity index (χ2n) is 2.10. The van der Waals surface area contributed by atoms with Crippen molar-refractivity contribution in [1.29, 1.82) is 0 Å². The summed E-state index contributed by atoms with van der Waals surface area (Å²) in [4.78, 5) is 10.1. The van der Waals surface area contributed by atoms with Crippen LogP contribution in [-0.4, -0.2) is 27.4 Å². The highest BCUT2D eigenvalue weighted by molar-refractivity contribution is 5.22. The van der Waals surface area contributed by atoms with Crippen molar-refractivity contribution in [3.05, 3.63) is 28.4 Å². The molecule has 0 aliphatic rings. The predicted molar refractivity (Wildman–Crippen MR) is 40.8 cm³/mol. The summed E-state index contributed by atoms with van der Waals surface area (Å²) in [6, 6.07) is 0. The Morgan fingerprint density at radius 1 is 1.50 bits per heavy atom. The summed E-state index contributed by atoms with van der Waals surface area (Å²) in [6.07, 6.45) is 0.378. The molecule has 0 saturated heterocycles. The molecular weight excluding hydrogens is 164 g/mol. The van der Waals surface area contributed by atoms with Crippen LogP contribution in [0, 0.1) is 4.91 Å². The number of allylic oxidation sites excluding steroid dienone is 1. The van der Waals surface area contributed by atoms with E-state index in [2.05, 4.69) is 0 Å². The number of likely N-dealkylation sites (N-methyl/N-ethyl adjacent to an activating group) is 1. The molecule has 0 aliphatic heterocycles. The van der Waals surface area contributed by atoms with Gasteiger partial charge in [0.1, 0.15) is 17.3 Å². The molecule has 0 aromatic carbocycles. The van der Waals surface area contributed by atoms with Gasteiger partial charge >= 0.3 is 0 Å². The molecule has 6 nitrogen and oxygen atoms in total. The van der Waals surface area contributed by atoms with E-state index in [4.69, 9.17) is 15.3 Å². The second-order valence-corrected chi connectivity index (χ2v) is 2.10. The van der Waals surface area contributed by atoms with E-state index < -0.39 is 5.76 Å². The van der Waals surface area contributed by atoms with Crippen LogP contribution in [0.2, 0.25) is 0 Å². The molecule has 0 aliphatic carbocycles. The van der Waals surface area contributed by atoms with Crippen LogP contribution in [0.15, 0.2) is 23.5 Å². The molecule has 6 heteroatoms. The van der Waals surface area contributed by atoms with Gasteiger partial charge in [-0.15, -0.1) is 5.01 Å². The molecule has 0 bridgehead atoms. The molecule has 4 N–H and O–H groups in total. The second kappa shape index (κ2) is 4.22. The Labute approximate surface area is 69.0 Å². The fraction of sp³-hybridized carbons (Fsp3) is 0.333. The molecular formula is C6H11N2O4+. The third-order valence-corrected chi connectivity index (χ3v) is 1.18. The van der Waals surface area contributed by atoms with Crippen LogP contribution in [0.1, 0.15) is 6.92 Å². The average Bonchev–Trinajstić information content (AvgIpc) is 2.03. The Hall–Kier alpha value is -1.72. The highest BCUT2D eigenvalue weighted by Crippen LogP contribution is 2.09. The Balaban J connectivity index is 4.95. The van der Waals surface area contributed by atoms with Gasteiger partial charge in [0, 0.05) is 4.91 Å². The van der Waals surface area contributed by atoms with E-state index in [-0.39, 0.29) is 11.5 Å². The van der Waals surface area contributed by atoms with Crippen molar-refractivity contribution in [3.8, 4) is 0 Å². The van der Waals surface area contributed by atoms with E-state index in [0.29, 0.717) is 6.26 Å². The molecule has 0 heterocycles. The van der Waals surface area contributed by atoms with Crippen molar-refractivity contribution in [2.75, 3.05) is 7.05 Å². The van der Waals surface area contributed by atoms with Crippen LogP contribution in [0.5, 0.6) is 0 Å². The number of rotatable bonds is 3. The smallest absolute Gasteiger partial charge is 0.185 e.